The number of benzene rings is 2. The van der Waals surface area contributed by atoms with Crippen molar-refractivity contribution in [3.05, 3.63) is 59.7 Å². The average molecular weight is 304 g/mol. The molecular formula is C14H13BF3KO. The molecule has 100 valence electrons. The quantitative estimate of drug-likeness (QED) is 0.753. The van der Waals surface area contributed by atoms with Crippen molar-refractivity contribution < 1.29 is 69.1 Å². The first kappa shape index (κ1) is 17.8. The van der Waals surface area contributed by atoms with Gasteiger partial charge in [-0.05, 0) is 18.6 Å². The van der Waals surface area contributed by atoms with Gasteiger partial charge in [0.25, 0.3) is 0 Å². The molecule has 0 radical (unpaired) electrons. The van der Waals surface area contributed by atoms with Crippen LogP contribution in [0.4, 0.5) is 12.9 Å². The zero-order chi connectivity index (χ0) is 13.9. The van der Waals surface area contributed by atoms with Crippen molar-refractivity contribution in [3.8, 4) is 5.75 Å². The third-order valence-corrected chi connectivity index (χ3v) is 2.79. The van der Waals surface area contributed by atoms with E-state index < -0.39 is 12.4 Å². The molecule has 1 nitrogen and oxygen atoms in total. The van der Waals surface area contributed by atoms with Crippen molar-refractivity contribution in [3.63, 3.8) is 0 Å². The average Bonchev–Trinajstić information content (AvgIpc) is 2.37. The van der Waals surface area contributed by atoms with Crippen molar-refractivity contribution in [1.82, 2.24) is 0 Å². The van der Waals surface area contributed by atoms with Gasteiger partial charge in [-0.25, -0.2) is 0 Å². The molecule has 0 aliphatic rings. The van der Waals surface area contributed by atoms with Gasteiger partial charge >= 0.3 is 58.4 Å². The fourth-order valence-electron chi connectivity index (χ4n) is 1.73. The smallest absolute Gasteiger partial charge is 0.492 e. The Morgan fingerprint density at radius 1 is 0.950 bits per heavy atom. The molecule has 2 aromatic rings. The predicted molar refractivity (Wildman–Crippen MR) is 70.7 cm³/mol. The number of para-hydroxylation sites is 1. The second-order valence-corrected chi connectivity index (χ2v) is 4.39. The van der Waals surface area contributed by atoms with Gasteiger partial charge < -0.3 is 17.7 Å². The molecule has 0 aliphatic carbocycles. The van der Waals surface area contributed by atoms with E-state index >= 15 is 0 Å². The van der Waals surface area contributed by atoms with Crippen molar-refractivity contribution >= 4 is 12.4 Å². The van der Waals surface area contributed by atoms with Crippen molar-refractivity contribution in [2.45, 2.75) is 13.5 Å². The van der Waals surface area contributed by atoms with Crippen molar-refractivity contribution in [2.75, 3.05) is 0 Å². The van der Waals surface area contributed by atoms with Crippen LogP contribution < -0.4 is 61.6 Å². The van der Waals surface area contributed by atoms with E-state index in [0.717, 1.165) is 17.2 Å². The number of hydrogen-bond acceptors (Lipinski definition) is 1. The fourth-order valence-corrected chi connectivity index (χ4v) is 1.73. The maximum absolute atomic E-state index is 12.8. The van der Waals surface area contributed by atoms with E-state index in [-0.39, 0.29) is 63.7 Å². The Morgan fingerprint density at radius 3 is 2.15 bits per heavy atom. The molecule has 0 spiro atoms. The van der Waals surface area contributed by atoms with E-state index in [9.17, 15) is 12.9 Å². The van der Waals surface area contributed by atoms with Gasteiger partial charge in [0.2, 0.25) is 0 Å². The SMILES string of the molecule is Cc1ccc(COc2ccccc2[B-](F)(F)F)cc1.[K+]. The summed E-state index contributed by atoms with van der Waals surface area (Å²) in [6.45, 7) is -2.97. The van der Waals surface area contributed by atoms with E-state index in [0.29, 0.717) is 0 Å². The molecule has 6 heteroatoms. The summed E-state index contributed by atoms with van der Waals surface area (Å²) in [7, 11) is 0. The van der Waals surface area contributed by atoms with Crippen LogP contribution in [0.1, 0.15) is 11.1 Å². The number of aryl methyl sites for hydroxylation is 1. The van der Waals surface area contributed by atoms with Crippen LogP contribution in [0.15, 0.2) is 48.5 Å². The van der Waals surface area contributed by atoms with Gasteiger partial charge in [0, 0.05) is 0 Å². The molecule has 2 aromatic carbocycles. The fraction of sp³-hybridized carbons (Fsp3) is 0.143. The maximum atomic E-state index is 12.8. The number of halogens is 3. The van der Waals surface area contributed by atoms with E-state index in [1.54, 1.807) is 0 Å². The van der Waals surface area contributed by atoms with E-state index in [1.165, 1.54) is 18.2 Å². The molecule has 0 N–H and O–H groups in total. The Balaban J connectivity index is 0.00000200. The topological polar surface area (TPSA) is 9.23 Å². The number of ether oxygens (including phenoxy) is 1. The van der Waals surface area contributed by atoms with Crippen LogP contribution in [0.2, 0.25) is 0 Å². The Bertz CT molecular complexity index is 555. The molecule has 0 saturated heterocycles. The molecule has 0 fully saturated rings. The van der Waals surface area contributed by atoms with Crippen LogP contribution in [-0.4, -0.2) is 6.98 Å². The summed E-state index contributed by atoms with van der Waals surface area (Å²) in [5, 5.41) is 0. The maximum Gasteiger partial charge on any atom is 1.00 e. The van der Waals surface area contributed by atoms with Crippen LogP contribution in [0.5, 0.6) is 5.75 Å². The first-order chi connectivity index (χ1) is 8.97. The normalized spacial score (nSPS) is 10.8. The van der Waals surface area contributed by atoms with Crippen LogP contribution in [0, 0.1) is 6.92 Å². The van der Waals surface area contributed by atoms with Gasteiger partial charge in [-0.1, -0.05) is 53.5 Å². The summed E-state index contributed by atoms with van der Waals surface area (Å²) < 4.78 is 43.7. The minimum absolute atomic E-state index is 0. The molecule has 0 amide bonds. The van der Waals surface area contributed by atoms with Crippen molar-refractivity contribution in [1.29, 1.82) is 0 Å². The third-order valence-electron chi connectivity index (χ3n) is 2.79. The standard InChI is InChI=1S/C14H13BF3O.K/c1-11-6-8-12(9-7-11)10-19-14-5-3-2-4-13(14)15(16,17)18;/h2-9H,10H2,1H3;/q-1;+1. The molecule has 0 unspecified atom stereocenters. The molecule has 0 bridgehead atoms. The monoisotopic (exact) mass is 304 g/mol. The minimum atomic E-state index is -5.05. The van der Waals surface area contributed by atoms with Gasteiger partial charge in [-0.2, -0.15) is 0 Å². The first-order valence-corrected chi connectivity index (χ1v) is 5.94. The van der Waals surface area contributed by atoms with E-state index in [1.807, 2.05) is 31.2 Å². The van der Waals surface area contributed by atoms with Crippen LogP contribution >= 0.6 is 0 Å². The molecule has 0 aromatic heterocycles. The van der Waals surface area contributed by atoms with Crippen LogP contribution in [-0.2, 0) is 6.61 Å². The van der Waals surface area contributed by atoms with Gasteiger partial charge in [0.15, 0.2) is 0 Å². The molecule has 0 aliphatic heterocycles. The Morgan fingerprint density at radius 2 is 1.55 bits per heavy atom. The second kappa shape index (κ2) is 7.66. The third kappa shape index (κ3) is 4.93. The van der Waals surface area contributed by atoms with Gasteiger partial charge in [0.1, 0.15) is 6.61 Å². The van der Waals surface area contributed by atoms with Crippen molar-refractivity contribution in [2.24, 2.45) is 0 Å². The van der Waals surface area contributed by atoms with E-state index in [2.05, 4.69) is 0 Å². The van der Waals surface area contributed by atoms with Gasteiger partial charge in [0.05, 0.1) is 5.75 Å². The summed E-state index contributed by atoms with van der Waals surface area (Å²) in [5.74, 6) is -0.115. The summed E-state index contributed by atoms with van der Waals surface area (Å²) in [4.78, 5) is 0. The summed E-state index contributed by atoms with van der Waals surface area (Å²) >= 11 is 0. The van der Waals surface area contributed by atoms with Gasteiger partial charge in [-0.3, -0.25) is 0 Å². The second-order valence-electron chi connectivity index (χ2n) is 4.39. The zero-order valence-corrected chi connectivity index (χ0v) is 14.6. The van der Waals surface area contributed by atoms with Gasteiger partial charge in [-0.15, -0.1) is 0 Å². The zero-order valence-electron chi connectivity index (χ0n) is 11.4. The molecule has 0 saturated carbocycles. The summed E-state index contributed by atoms with van der Waals surface area (Å²) in [6, 6.07) is 12.8. The molecule has 20 heavy (non-hydrogen) atoms. The number of hydrogen-bond donors (Lipinski definition) is 0. The largest absolute Gasteiger partial charge is 1.00 e. The number of rotatable bonds is 4. The minimum Gasteiger partial charge on any atom is -0.492 e. The Kier molecular flexibility index (Phi) is 6.81. The molecular weight excluding hydrogens is 291 g/mol. The first-order valence-electron chi connectivity index (χ1n) is 5.94. The summed E-state index contributed by atoms with van der Waals surface area (Å²) in [5.41, 5.74) is 1.26. The van der Waals surface area contributed by atoms with Crippen LogP contribution in [0.3, 0.4) is 0 Å². The Hall–Kier alpha value is -0.269. The molecule has 2 rings (SSSR count). The van der Waals surface area contributed by atoms with E-state index in [4.69, 9.17) is 4.74 Å². The molecule has 0 heterocycles. The Labute approximate surface area is 159 Å². The summed E-state index contributed by atoms with van der Waals surface area (Å²) in [6.07, 6.45) is 0. The predicted octanol–water partition coefficient (Wildman–Crippen LogP) is 0.632. The van der Waals surface area contributed by atoms with Crippen LogP contribution in [0.25, 0.3) is 0 Å². The molecule has 0 atom stereocenters.